The van der Waals surface area contributed by atoms with Crippen LogP contribution >= 0.6 is 0 Å². The number of carbonyl (C=O) groups excluding carboxylic acids is 1. The molecular formula is C13H19N3O2. The summed E-state index contributed by atoms with van der Waals surface area (Å²) >= 11 is 0. The molecule has 0 atom stereocenters. The van der Waals surface area contributed by atoms with Crippen molar-refractivity contribution in [2.75, 3.05) is 12.8 Å². The second-order valence-electron chi connectivity index (χ2n) is 4.71. The topological polar surface area (TPSA) is 78.1 Å². The first-order valence-electron chi connectivity index (χ1n) is 6.43. The summed E-state index contributed by atoms with van der Waals surface area (Å²) in [5, 5.41) is 0. The van der Waals surface area contributed by atoms with E-state index in [4.69, 9.17) is 5.73 Å². The first kappa shape index (κ1) is 12.8. The van der Waals surface area contributed by atoms with Gasteiger partial charge >= 0.3 is 5.97 Å². The molecule has 1 aliphatic carbocycles. The summed E-state index contributed by atoms with van der Waals surface area (Å²) in [7, 11) is 1.32. The van der Waals surface area contributed by atoms with Crippen LogP contribution in [0.4, 0.5) is 5.82 Å². The SMILES string of the molecule is COC(=O)c1cnc(C2CCCCCC2)nc1N. The molecule has 1 fully saturated rings. The summed E-state index contributed by atoms with van der Waals surface area (Å²) < 4.78 is 4.62. The standard InChI is InChI=1S/C13H19N3O2/c1-18-13(17)10-8-15-12(16-11(10)14)9-6-4-2-3-5-7-9/h8-9H,2-7H2,1H3,(H2,14,15,16). The van der Waals surface area contributed by atoms with Gasteiger partial charge in [-0.1, -0.05) is 25.7 Å². The van der Waals surface area contributed by atoms with Crippen LogP contribution in [0.1, 0.15) is 60.6 Å². The molecule has 0 unspecified atom stereocenters. The van der Waals surface area contributed by atoms with E-state index in [2.05, 4.69) is 14.7 Å². The van der Waals surface area contributed by atoms with E-state index in [0.717, 1.165) is 18.7 Å². The third kappa shape index (κ3) is 2.78. The smallest absolute Gasteiger partial charge is 0.343 e. The number of anilines is 1. The molecule has 1 aliphatic rings. The van der Waals surface area contributed by atoms with Gasteiger partial charge in [-0.05, 0) is 12.8 Å². The van der Waals surface area contributed by atoms with Crippen molar-refractivity contribution < 1.29 is 9.53 Å². The largest absolute Gasteiger partial charge is 0.465 e. The van der Waals surface area contributed by atoms with Crippen molar-refractivity contribution in [1.29, 1.82) is 0 Å². The van der Waals surface area contributed by atoms with Crippen LogP contribution in [0.3, 0.4) is 0 Å². The maximum Gasteiger partial charge on any atom is 0.343 e. The summed E-state index contributed by atoms with van der Waals surface area (Å²) in [4.78, 5) is 19.9. The van der Waals surface area contributed by atoms with E-state index in [9.17, 15) is 4.79 Å². The van der Waals surface area contributed by atoms with Crippen LogP contribution in [-0.4, -0.2) is 23.0 Å². The molecule has 0 saturated heterocycles. The minimum Gasteiger partial charge on any atom is -0.465 e. The highest BCUT2D eigenvalue weighted by molar-refractivity contribution is 5.93. The van der Waals surface area contributed by atoms with Gasteiger partial charge in [0.2, 0.25) is 0 Å². The molecule has 0 amide bonds. The second kappa shape index (κ2) is 5.80. The van der Waals surface area contributed by atoms with Gasteiger partial charge in [0.15, 0.2) is 0 Å². The van der Waals surface area contributed by atoms with E-state index in [1.54, 1.807) is 0 Å². The number of rotatable bonds is 2. The van der Waals surface area contributed by atoms with Crippen LogP contribution in [0.5, 0.6) is 0 Å². The first-order chi connectivity index (χ1) is 8.72. The van der Waals surface area contributed by atoms with Crippen LogP contribution in [0, 0.1) is 0 Å². The predicted octanol–water partition coefficient (Wildman–Crippen LogP) is 2.28. The van der Waals surface area contributed by atoms with Gasteiger partial charge in [0.25, 0.3) is 0 Å². The molecule has 0 bridgehead atoms. The molecule has 2 rings (SSSR count). The lowest BCUT2D eigenvalue weighted by atomic mass is 9.99. The predicted molar refractivity (Wildman–Crippen MR) is 68.2 cm³/mol. The molecule has 0 aliphatic heterocycles. The van der Waals surface area contributed by atoms with Gasteiger partial charge in [0, 0.05) is 12.1 Å². The lowest BCUT2D eigenvalue weighted by Crippen LogP contribution is -2.12. The molecule has 0 radical (unpaired) electrons. The summed E-state index contributed by atoms with van der Waals surface area (Å²) in [6, 6.07) is 0. The normalized spacial score (nSPS) is 17.2. The van der Waals surface area contributed by atoms with Crippen LogP contribution in [0.15, 0.2) is 6.20 Å². The fraction of sp³-hybridized carbons (Fsp3) is 0.615. The molecule has 0 spiro atoms. The number of ether oxygens (including phenoxy) is 1. The summed E-state index contributed by atoms with van der Waals surface area (Å²) in [6.45, 7) is 0. The lowest BCUT2D eigenvalue weighted by Gasteiger charge is -2.13. The van der Waals surface area contributed by atoms with Crippen LogP contribution in [0.25, 0.3) is 0 Å². The molecule has 0 aromatic carbocycles. The Morgan fingerprint density at radius 3 is 2.56 bits per heavy atom. The van der Waals surface area contributed by atoms with Crippen molar-refractivity contribution in [3.63, 3.8) is 0 Å². The van der Waals surface area contributed by atoms with Crippen LogP contribution < -0.4 is 5.73 Å². The number of aromatic nitrogens is 2. The number of nitrogens with zero attached hydrogens (tertiary/aromatic N) is 2. The zero-order valence-corrected chi connectivity index (χ0v) is 10.7. The number of esters is 1. The maximum absolute atomic E-state index is 11.4. The Kier molecular flexibility index (Phi) is 4.12. The van der Waals surface area contributed by atoms with Gasteiger partial charge in [-0.15, -0.1) is 0 Å². The quantitative estimate of drug-likeness (QED) is 0.642. The van der Waals surface area contributed by atoms with E-state index in [-0.39, 0.29) is 11.4 Å². The molecule has 5 heteroatoms. The number of nitrogen functional groups attached to an aromatic ring is 1. The van der Waals surface area contributed by atoms with Crippen molar-refractivity contribution in [2.24, 2.45) is 0 Å². The zero-order valence-electron chi connectivity index (χ0n) is 10.7. The number of carbonyl (C=O) groups is 1. The molecule has 1 aromatic heterocycles. The number of nitrogens with two attached hydrogens (primary N) is 1. The van der Waals surface area contributed by atoms with Crippen molar-refractivity contribution >= 4 is 11.8 Å². The van der Waals surface area contributed by atoms with E-state index in [1.165, 1.54) is 39.0 Å². The van der Waals surface area contributed by atoms with Crippen LogP contribution in [0.2, 0.25) is 0 Å². The van der Waals surface area contributed by atoms with E-state index in [1.807, 2.05) is 0 Å². The Balaban J connectivity index is 2.19. The first-order valence-corrected chi connectivity index (χ1v) is 6.43. The molecule has 18 heavy (non-hydrogen) atoms. The molecule has 1 saturated carbocycles. The fourth-order valence-corrected chi connectivity index (χ4v) is 2.41. The minimum absolute atomic E-state index is 0.219. The Morgan fingerprint density at radius 2 is 2.00 bits per heavy atom. The third-order valence-corrected chi connectivity index (χ3v) is 3.46. The highest BCUT2D eigenvalue weighted by atomic mass is 16.5. The molecule has 98 valence electrons. The Hall–Kier alpha value is -1.65. The maximum atomic E-state index is 11.4. The average Bonchev–Trinajstić information content (AvgIpc) is 2.66. The molecule has 1 aromatic rings. The number of methoxy groups -OCH3 is 1. The van der Waals surface area contributed by atoms with Gasteiger partial charge in [-0.2, -0.15) is 0 Å². The van der Waals surface area contributed by atoms with Crippen molar-refractivity contribution in [2.45, 2.75) is 44.4 Å². The minimum atomic E-state index is -0.486. The number of hydrogen-bond acceptors (Lipinski definition) is 5. The molecule has 2 N–H and O–H groups in total. The van der Waals surface area contributed by atoms with Crippen LogP contribution in [-0.2, 0) is 4.74 Å². The highest BCUT2D eigenvalue weighted by Gasteiger charge is 2.19. The molecule has 1 heterocycles. The van der Waals surface area contributed by atoms with Gasteiger partial charge in [0.1, 0.15) is 17.2 Å². The summed E-state index contributed by atoms with van der Waals surface area (Å²) in [6.07, 6.45) is 8.69. The molecular weight excluding hydrogens is 230 g/mol. The lowest BCUT2D eigenvalue weighted by molar-refractivity contribution is 0.0601. The average molecular weight is 249 g/mol. The van der Waals surface area contributed by atoms with E-state index < -0.39 is 5.97 Å². The Morgan fingerprint density at radius 1 is 1.33 bits per heavy atom. The zero-order chi connectivity index (χ0) is 13.0. The highest BCUT2D eigenvalue weighted by Crippen LogP contribution is 2.30. The Bertz CT molecular complexity index is 426. The monoisotopic (exact) mass is 249 g/mol. The van der Waals surface area contributed by atoms with Gasteiger partial charge in [-0.3, -0.25) is 0 Å². The summed E-state index contributed by atoms with van der Waals surface area (Å²) in [5.41, 5.74) is 6.04. The van der Waals surface area contributed by atoms with Gasteiger partial charge in [-0.25, -0.2) is 14.8 Å². The summed E-state index contributed by atoms with van der Waals surface area (Å²) in [5.74, 6) is 0.875. The molecule has 5 nitrogen and oxygen atoms in total. The van der Waals surface area contributed by atoms with Gasteiger partial charge in [0.05, 0.1) is 7.11 Å². The van der Waals surface area contributed by atoms with E-state index in [0.29, 0.717) is 5.92 Å². The van der Waals surface area contributed by atoms with Crippen molar-refractivity contribution in [3.8, 4) is 0 Å². The van der Waals surface area contributed by atoms with Crippen molar-refractivity contribution in [1.82, 2.24) is 9.97 Å². The van der Waals surface area contributed by atoms with Gasteiger partial charge < -0.3 is 10.5 Å². The van der Waals surface area contributed by atoms with Crippen molar-refractivity contribution in [3.05, 3.63) is 17.6 Å². The number of hydrogen-bond donors (Lipinski definition) is 1. The second-order valence-corrected chi connectivity index (χ2v) is 4.71. The fourth-order valence-electron chi connectivity index (χ4n) is 2.41. The van der Waals surface area contributed by atoms with E-state index >= 15 is 0 Å². The third-order valence-electron chi connectivity index (χ3n) is 3.46. The Labute approximate surface area is 107 Å².